The average molecular weight is 384 g/mol. The predicted octanol–water partition coefficient (Wildman–Crippen LogP) is 3.07. The van der Waals surface area contributed by atoms with Gasteiger partial charge < -0.3 is 5.32 Å². The highest BCUT2D eigenvalue weighted by Crippen LogP contribution is 2.29. The zero-order valence-corrected chi connectivity index (χ0v) is 15.6. The normalized spacial score (nSPS) is 11.3. The molecule has 6 nitrogen and oxygen atoms in total. The highest BCUT2D eigenvalue weighted by atomic mass is 32.2. The standard InChI is InChI=1S/C19H17FN4O2S/c1-12-7-15(20)8-16-18(12)23-11-14(9-21)19(16)24-10-13-5-3-4-6-17(13)27(25,26)22-2/h3-8,11,22H,10H2,1-2H3,(H,23,24). The van der Waals surface area contributed by atoms with Gasteiger partial charge in [-0.2, -0.15) is 5.26 Å². The van der Waals surface area contributed by atoms with Crippen LogP contribution in [0, 0.1) is 24.1 Å². The molecule has 0 bridgehead atoms. The fraction of sp³-hybridized carbons (Fsp3) is 0.158. The monoisotopic (exact) mass is 384 g/mol. The Morgan fingerprint density at radius 2 is 2.00 bits per heavy atom. The molecule has 0 spiro atoms. The molecule has 0 aliphatic rings. The molecule has 0 fully saturated rings. The minimum Gasteiger partial charge on any atom is -0.379 e. The molecule has 138 valence electrons. The Morgan fingerprint density at radius 3 is 2.70 bits per heavy atom. The van der Waals surface area contributed by atoms with Gasteiger partial charge in [-0.05, 0) is 43.3 Å². The van der Waals surface area contributed by atoms with Crippen LogP contribution in [-0.4, -0.2) is 20.4 Å². The maximum atomic E-state index is 13.9. The number of nitrogens with zero attached hydrogens (tertiary/aromatic N) is 2. The number of sulfonamides is 1. The number of aryl methyl sites for hydroxylation is 1. The minimum absolute atomic E-state index is 0.138. The number of pyridine rings is 1. The first-order valence-electron chi connectivity index (χ1n) is 8.11. The first kappa shape index (κ1) is 18.8. The highest BCUT2D eigenvalue weighted by Gasteiger charge is 2.17. The van der Waals surface area contributed by atoms with Crippen LogP contribution in [0.15, 0.2) is 47.5 Å². The number of benzene rings is 2. The third-order valence-electron chi connectivity index (χ3n) is 4.23. The Bertz CT molecular complexity index is 1170. The third-order valence-corrected chi connectivity index (χ3v) is 5.75. The van der Waals surface area contributed by atoms with Crippen LogP contribution in [0.25, 0.3) is 10.9 Å². The van der Waals surface area contributed by atoms with Crippen molar-refractivity contribution >= 4 is 26.6 Å². The Balaban J connectivity index is 2.08. The second-order valence-corrected chi connectivity index (χ2v) is 7.80. The molecule has 0 atom stereocenters. The van der Waals surface area contributed by atoms with E-state index in [0.29, 0.717) is 27.7 Å². The van der Waals surface area contributed by atoms with Crippen molar-refractivity contribution in [1.29, 1.82) is 5.26 Å². The molecule has 0 aliphatic heterocycles. The number of nitriles is 1. The van der Waals surface area contributed by atoms with E-state index in [4.69, 9.17) is 0 Å². The number of fused-ring (bicyclic) bond motifs is 1. The van der Waals surface area contributed by atoms with E-state index in [9.17, 15) is 18.1 Å². The zero-order chi connectivity index (χ0) is 19.6. The molecule has 0 saturated heterocycles. The van der Waals surface area contributed by atoms with Crippen LogP contribution in [0.2, 0.25) is 0 Å². The quantitative estimate of drug-likeness (QED) is 0.705. The van der Waals surface area contributed by atoms with E-state index < -0.39 is 15.8 Å². The zero-order valence-electron chi connectivity index (χ0n) is 14.7. The lowest BCUT2D eigenvalue weighted by molar-refractivity contribution is 0.587. The molecule has 1 aromatic heterocycles. The van der Waals surface area contributed by atoms with Crippen molar-refractivity contribution < 1.29 is 12.8 Å². The summed E-state index contributed by atoms with van der Waals surface area (Å²) in [6, 6.07) is 11.3. The fourth-order valence-electron chi connectivity index (χ4n) is 2.92. The Morgan fingerprint density at radius 1 is 1.26 bits per heavy atom. The SMILES string of the molecule is CNS(=O)(=O)c1ccccc1CNc1c(C#N)cnc2c(C)cc(F)cc12. The number of nitrogens with one attached hydrogen (secondary N) is 2. The van der Waals surface area contributed by atoms with Gasteiger partial charge in [0.1, 0.15) is 11.9 Å². The van der Waals surface area contributed by atoms with Crippen LogP contribution >= 0.6 is 0 Å². The lowest BCUT2D eigenvalue weighted by Gasteiger charge is -2.15. The third kappa shape index (κ3) is 3.60. The van der Waals surface area contributed by atoms with Crippen molar-refractivity contribution in [3.63, 3.8) is 0 Å². The Labute approximate surface area is 156 Å². The van der Waals surface area contributed by atoms with Gasteiger partial charge in [-0.25, -0.2) is 17.5 Å². The molecule has 8 heteroatoms. The topological polar surface area (TPSA) is 94.9 Å². The van der Waals surface area contributed by atoms with Crippen LogP contribution in [0.4, 0.5) is 10.1 Å². The van der Waals surface area contributed by atoms with Crippen molar-refractivity contribution in [2.24, 2.45) is 0 Å². The van der Waals surface area contributed by atoms with Crippen molar-refractivity contribution in [3.8, 4) is 6.07 Å². The van der Waals surface area contributed by atoms with E-state index in [-0.39, 0.29) is 17.0 Å². The summed E-state index contributed by atoms with van der Waals surface area (Å²) in [4.78, 5) is 4.38. The van der Waals surface area contributed by atoms with E-state index >= 15 is 0 Å². The molecule has 2 aromatic carbocycles. The van der Waals surface area contributed by atoms with Gasteiger partial charge in [0.2, 0.25) is 10.0 Å². The Hall–Kier alpha value is -3.02. The van der Waals surface area contributed by atoms with Crippen molar-refractivity contribution in [3.05, 3.63) is 65.1 Å². The maximum Gasteiger partial charge on any atom is 0.240 e. The molecule has 0 unspecified atom stereocenters. The molecule has 2 N–H and O–H groups in total. The summed E-state index contributed by atoms with van der Waals surface area (Å²) in [7, 11) is -2.29. The van der Waals surface area contributed by atoms with Gasteiger partial charge in [0, 0.05) is 18.1 Å². The lowest BCUT2D eigenvalue weighted by Crippen LogP contribution is -2.20. The number of halogens is 1. The molecule has 27 heavy (non-hydrogen) atoms. The minimum atomic E-state index is -3.63. The summed E-state index contributed by atoms with van der Waals surface area (Å²) < 4.78 is 40.6. The van der Waals surface area contributed by atoms with Gasteiger partial charge in [0.25, 0.3) is 0 Å². The second kappa shape index (κ2) is 7.31. The van der Waals surface area contributed by atoms with E-state index in [1.54, 1.807) is 25.1 Å². The molecule has 0 amide bonds. The van der Waals surface area contributed by atoms with Gasteiger partial charge in [-0.1, -0.05) is 18.2 Å². The Kier molecular flexibility index (Phi) is 5.08. The first-order chi connectivity index (χ1) is 12.9. The van der Waals surface area contributed by atoms with Gasteiger partial charge >= 0.3 is 0 Å². The summed E-state index contributed by atoms with van der Waals surface area (Å²) in [6.45, 7) is 1.88. The number of rotatable bonds is 5. The van der Waals surface area contributed by atoms with E-state index in [0.717, 1.165) is 0 Å². The molecular weight excluding hydrogens is 367 g/mol. The molecule has 0 saturated carbocycles. The smallest absolute Gasteiger partial charge is 0.240 e. The van der Waals surface area contributed by atoms with Crippen LogP contribution in [-0.2, 0) is 16.6 Å². The first-order valence-corrected chi connectivity index (χ1v) is 9.60. The van der Waals surface area contributed by atoms with Gasteiger partial charge in [-0.15, -0.1) is 0 Å². The maximum absolute atomic E-state index is 13.9. The van der Waals surface area contributed by atoms with Gasteiger partial charge in [-0.3, -0.25) is 4.98 Å². The molecular formula is C19H17FN4O2S. The summed E-state index contributed by atoms with van der Waals surface area (Å²) in [5.74, 6) is -0.432. The number of anilines is 1. The predicted molar refractivity (Wildman–Crippen MR) is 101 cm³/mol. The second-order valence-electron chi connectivity index (χ2n) is 5.95. The van der Waals surface area contributed by atoms with E-state index in [2.05, 4.69) is 15.0 Å². The summed E-state index contributed by atoms with van der Waals surface area (Å²) in [6.07, 6.45) is 1.42. The summed E-state index contributed by atoms with van der Waals surface area (Å²) >= 11 is 0. The van der Waals surface area contributed by atoms with Crippen LogP contribution in [0.1, 0.15) is 16.7 Å². The fourth-order valence-corrected chi connectivity index (χ4v) is 3.88. The van der Waals surface area contributed by atoms with Gasteiger partial charge in [0.15, 0.2) is 0 Å². The molecule has 0 radical (unpaired) electrons. The lowest BCUT2D eigenvalue weighted by atomic mass is 10.1. The van der Waals surface area contributed by atoms with Gasteiger partial charge in [0.05, 0.1) is 21.7 Å². The van der Waals surface area contributed by atoms with E-state index in [1.165, 1.54) is 31.4 Å². The molecule has 0 aliphatic carbocycles. The summed E-state index contributed by atoms with van der Waals surface area (Å²) in [5.41, 5.74) is 2.42. The number of aromatic nitrogens is 1. The van der Waals surface area contributed by atoms with Crippen molar-refractivity contribution in [2.75, 3.05) is 12.4 Å². The molecule has 3 aromatic rings. The van der Waals surface area contributed by atoms with E-state index in [1.807, 2.05) is 6.07 Å². The average Bonchev–Trinajstić information content (AvgIpc) is 2.66. The molecule has 3 rings (SSSR count). The van der Waals surface area contributed by atoms with Crippen molar-refractivity contribution in [1.82, 2.24) is 9.71 Å². The number of hydrogen-bond donors (Lipinski definition) is 2. The largest absolute Gasteiger partial charge is 0.379 e. The van der Waals surface area contributed by atoms with Crippen LogP contribution < -0.4 is 10.0 Å². The van der Waals surface area contributed by atoms with Crippen LogP contribution in [0.3, 0.4) is 0 Å². The number of hydrogen-bond acceptors (Lipinski definition) is 5. The van der Waals surface area contributed by atoms with Crippen LogP contribution in [0.5, 0.6) is 0 Å². The highest BCUT2D eigenvalue weighted by molar-refractivity contribution is 7.89. The molecule has 1 heterocycles. The van der Waals surface area contributed by atoms with Crippen molar-refractivity contribution in [2.45, 2.75) is 18.4 Å². The summed E-state index contributed by atoms with van der Waals surface area (Å²) in [5, 5.41) is 13.0.